The van der Waals surface area contributed by atoms with Gasteiger partial charge in [0, 0.05) is 30.4 Å². The zero-order valence-electron chi connectivity index (χ0n) is 27.7. The van der Waals surface area contributed by atoms with Crippen LogP contribution in [0.3, 0.4) is 0 Å². The lowest BCUT2D eigenvalue weighted by Crippen LogP contribution is -2.26. The lowest BCUT2D eigenvalue weighted by atomic mass is 9.88. The number of carboxylic acid groups (broad SMARTS) is 1. The number of hydrogen-bond donors (Lipinski definition) is 3. The van der Waals surface area contributed by atoms with Gasteiger partial charge in [-0.25, -0.2) is 14.4 Å². The largest absolute Gasteiger partial charge is 0.478 e. The number of aliphatic hydroxyl groups is 1. The van der Waals surface area contributed by atoms with E-state index in [4.69, 9.17) is 20.7 Å². The maximum atomic E-state index is 11.7. The fraction of sp³-hybridized carbons (Fsp3) is 0.636. The summed E-state index contributed by atoms with van der Waals surface area (Å²) >= 11 is 0. The summed E-state index contributed by atoms with van der Waals surface area (Å²) < 4.78 is 9.41. The summed E-state index contributed by atoms with van der Waals surface area (Å²) in [6.45, 7) is 24.9. The molecule has 4 N–H and O–H groups in total. The number of carboxylic acids is 1. The quantitative estimate of drug-likeness (QED) is 0.100. The number of hydrogen-bond acceptors (Lipinski definition) is 8. The van der Waals surface area contributed by atoms with Crippen LogP contribution in [-0.2, 0) is 28.7 Å². The van der Waals surface area contributed by atoms with Gasteiger partial charge in [-0.15, -0.1) is 0 Å². The molecule has 0 bridgehead atoms. The first kappa shape index (κ1) is 44.2. The maximum absolute atomic E-state index is 11.7. The van der Waals surface area contributed by atoms with Crippen molar-refractivity contribution in [1.29, 1.82) is 0 Å². The van der Waals surface area contributed by atoms with E-state index in [9.17, 15) is 19.2 Å². The van der Waals surface area contributed by atoms with E-state index in [2.05, 4.69) is 31.4 Å². The zero-order chi connectivity index (χ0) is 34.0. The summed E-state index contributed by atoms with van der Waals surface area (Å²) in [6, 6.07) is 0. The molecule has 1 amide bonds. The molecule has 10 heteroatoms. The van der Waals surface area contributed by atoms with Crippen LogP contribution in [-0.4, -0.2) is 71.3 Å². The van der Waals surface area contributed by atoms with Gasteiger partial charge in [0.05, 0.1) is 11.7 Å². The van der Waals surface area contributed by atoms with Crippen LogP contribution >= 0.6 is 0 Å². The number of aliphatic hydroxyl groups excluding tert-OH is 1. The van der Waals surface area contributed by atoms with Gasteiger partial charge in [0.2, 0.25) is 5.91 Å². The minimum atomic E-state index is -0.975. The Kier molecular flexibility index (Phi) is 27.1. The highest BCUT2D eigenvalue weighted by atomic mass is 16.5. The lowest BCUT2D eigenvalue weighted by Gasteiger charge is -2.18. The van der Waals surface area contributed by atoms with Gasteiger partial charge in [0.15, 0.2) is 0 Å². The minimum absolute atomic E-state index is 0.0334. The number of carbonyl (C=O) groups excluding carboxylic acids is 3. The second kappa shape index (κ2) is 26.4. The number of ether oxygens (including phenoxy) is 2. The molecule has 0 spiro atoms. The molecule has 0 aliphatic heterocycles. The molecule has 0 radical (unpaired) electrons. The monoisotopic (exact) mass is 610 g/mol. The molecular formula is C33H58N2O8. The van der Waals surface area contributed by atoms with Crippen molar-refractivity contribution in [1.82, 2.24) is 4.90 Å². The molecular weight excluding hydrogens is 552 g/mol. The van der Waals surface area contributed by atoms with E-state index in [-0.39, 0.29) is 36.1 Å². The first-order chi connectivity index (χ1) is 20.0. The van der Waals surface area contributed by atoms with Crippen LogP contribution in [0.5, 0.6) is 0 Å². The third-order valence-electron chi connectivity index (χ3n) is 5.37. The molecule has 43 heavy (non-hydrogen) atoms. The Morgan fingerprint density at radius 1 is 0.977 bits per heavy atom. The third-order valence-corrected chi connectivity index (χ3v) is 5.37. The molecule has 1 unspecified atom stereocenters. The van der Waals surface area contributed by atoms with E-state index in [0.29, 0.717) is 37.1 Å². The van der Waals surface area contributed by atoms with Gasteiger partial charge < -0.3 is 30.3 Å². The summed E-state index contributed by atoms with van der Waals surface area (Å²) in [5.74, 6) is -2.01. The molecule has 0 aliphatic rings. The topological polar surface area (TPSA) is 156 Å². The van der Waals surface area contributed by atoms with Crippen molar-refractivity contribution < 1.29 is 38.9 Å². The zero-order valence-corrected chi connectivity index (χ0v) is 27.7. The number of nitrogens with two attached hydrogens (primary N) is 1. The smallest absolute Gasteiger partial charge is 0.333 e. The molecule has 0 aromatic heterocycles. The normalized spacial score (nSPS) is 11.4. The number of carbonyl (C=O) groups is 4. The summed E-state index contributed by atoms with van der Waals surface area (Å²) in [5, 5.41) is 17.7. The Labute approximate surface area is 259 Å². The molecule has 0 rings (SSSR count). The summed E-state index contributed by atoms with van der Waals surface area (Å²) in [4.78, 5) is 46.0. The van der Waals surface area contributed by atoms with Gasteiger partial charge in [0.1, 0.15) is 13.2 Å². The van der Waals surface area contributed by atoms with E-state index in [1.165, 1.54) is 36.4 Å². The second-order valence-electron chi connectivity index (χ2n) is 11.3. The Balaban J connectivity index is -0.000000600. The molecule has 248 valence electrons. The van der Waals surface area contributed by atoms with Gasteiger partial charge in [-0.1, -0.05) is 86.5 Å². The second-order valence-corrected chi connectivity index (χ2v) is 11.3. The van der Waals surface area contributed by atoms with Crippen molar-refractivity contribution in [2.45, 2.75) is 106 Å². The van der Waals surface area contributed by atoms with E-state index in [1.54, 1.807) is 20.8 Å². The van der Waals surface area contributed by atoms with Crippen LogP contribution in [0.2, 0.25) is 0 Å². The molecule has 0 saturated heterocycles. The van der Waals surface area contributed by atoms with Gasteiger partial charge in [-0.3, -0.25) is 4.79 Å². The van der Waals surface area contributed by atoms with Crippen LogP contribution < -0.4 is 5.73 Å². The summed E-state index contributed by atoms with van der Waals surface area (Å²) in [6.07, 6.45) is 9.88. The molecule has 1 atom stereocenters. The fourth-order valence-corrected chi connectivity index (χ4v) is 3.19. The Bertz CT molecular complexity index is 901. The number of unbranched alkanes of at least 4 members (excludes halogenated alkanes) is 5. The van der Waals surface area contributed by atoms with Crippen molar-refractivity contribution in [3.63, 3.8) is 0 Å². The standard InChI is InChI=1S/C16H27NO3.C10H19NO2.C7H12O3/c1-4-7-8-9-10-11-12-17(15(18)6-3)13-14(5-2)16(19)20;1-8(7-10(2,3)4)9(12)13-6-5-11;1-5(2)7(9)10-4-6(3)8/h6,13H,3-5,7-12H2,1-2H3,(H,19,20);1,5-7,11H2,2-4H3;6,8H,1,4H2,2-3H3. The highest BCUT2D eigenvalue weighted by Crippen LogP contribution is 2.23. The van der Waals surface area contributed by atoms with Crippen molar-refractivity contribution in [3.05, 3.63) is 48.7 Å². The highest BCUT2D eigenvalue weighted by molar-refractivity contribution is 5.91. The number of amides is 1. The van der Waals surface area contributed by atoms with Crippen molar-refractivity contribution in [2.75, 3.05) is 26.3 Å². The fourth-order valence-electron chi connectivity index (χ4n) is 3.19. The lowest BCUT2D eigenvalue weighted by molar-refractivity contribution is -0.141. The van der Waals surface area contributed by atoms with Crippen LogP contribution in [0.15, 0.2) is 48.7 Å². The average molecular weight is 611 g/mol. The predicted molar refractivity (Wildman–Crippen MR) is 172 cm³/mol. The first-order valence-electron chi connectivity index (χ1n) is 14.9. The molecule has 0 fully saturated rings. The maximum Gasteiger partial charge on any atom is 0.333 e. The van der Waals surface area contributed by atoms with Crippen LogP contribution in [0.4, 0.5) is 0 Å². The van der Waals surface area contributed by atoms with Crippen molar-refractivity contribution in [2.24, 2.45) is 11.1 Å². The molecule has 0 saturated carbocycles. The summed E-state index contributed by atoms with van der Waals surface area (Å²) in [5.41, 5.74) is 6.37. The van der Waals surface area contributed by atoms with Gasteiger partial charge in [0.25, 0.3) is 0 Å². The average Bonchev–Trinajstić information content (AvgIpc) is 2.92. The SMILES string of the molecule is C=C(C)C(=O)OCC(C)O.C=C(CC(C)(C)C)C(=O)OCCN.C=CC(=O)N(C=C(CC)C(=O)O)CCCCCCCC. The van der Waals surface area contributed by atoms with Crippen molar-refractivity contribution >= 4 is 23.8 Å². The van der Waals surface area contributed by atoms with E-state index >= 15 is 0 Å². The van der Waals surface area contributed by atoms with Gasteiger partial charge >= 0.3 is 17.9 Å². The minimum Gasteiger partial charge on any atom is -0.478 e. The molecule has 10 nitrogen and oxygen atoms in total. The third kappa shape index (κ3) is 28.6. The van der Waals surface area contributed by atoms with E-state index in [1.807, 2.05) is 20.8 Å². The number of esters is 2. The highest BCUT2D eigenvalue weighted by Gasteiger charge is 2.17. The number of aliphatic carboxylic acids is 1. The number of nitrogens with zero attached hydrogens (tertiary/aromatic N) is 1. The Hall–Kier alpha value is -3.24. The number of rotatable bonds is 18. The first-order valence-corrected chi connectivity index (χ1v) is 14.9. The van der Waals surface area contributed by atoms with Crippen LogP contribution in [0.25, 0.3) is 0 Å². The Morgan fingerprint density at radius 3 is 1.95 bits per heavy atom. The van der Waals surface area contributed by atoms with E-state index in [0.717, 1.165) is 19.3 Å². The molecule has 0 aliphatic carbocycles. The Morgan fingerprint density at radius 2 is 1.53 bits per heavy atom. The van der Waals surface area contributed by atoms with Crippen LogP contribution in [0, 0.1) is 5.41 Å². The predicted octanol–water partition coefficient (Wildman–Crippen LogP) is 5.71. The van der Waals surface area contributed by atoms with E-state index < -0.39 is 18.0 Å². The van der Waals surface area contributed by atoms with Crippen LogP contribution in [0.1, 0.15) is 99.8 Å². The van der Waals surface area contributed by atoms with Gasteiger partial charge in [-0.2, -0.15) is 0 Å². The van der Waals surface area contributed by atoms with Gasteiger partial charge in [-0.05, 0) is 44.6 Å². The molecule has 0 heterocycles. The summed E-state index contributed by atoms with van der Waals surface area (Å²) in [7, 11) is 0. The molecule has 0 aromatic rings. The van der Waals surface area contributed by atoms with Crippen molar-refractivity contribution in [3.8, 4) is 0 Å². The molecule has 0 aromatic carbocycles.